The van der Waals surface area contributed by atoms with E-state index in [1.165, 1.54) is 24.1 Å². The molecule has 2 heterocycles. The highest BCUT2D eigenvalue weighted by Crippen LogP contribution is 2.26. The lowest BCUT2D eigenvalue weighted by Crippen LogP contribution is -2.30. The molecule has 0 spiro atoms. The number of aliphatic hydroxyl groups excluding tert-OH is 1. The Morgan fingerprint density at radius 1 is 1.26 bits per heavy atom. The maximum atomic E-state index is 13.1. The fourth-order valence-electron chi connectivity index (χ4n) is 3.52. The quantitative estimate of drug-likeness (QED) is 0.922. The number of benzene rings is 1. The van der Waals surface area contributed by atoms with Crippen LogP contribution in [-0.4, -0.2) is 39.0 Å². The zero-order valence-corrected chi connectivity index (χ0v) is 13.8. The van der Waals surface area contributed by atoms with Crippen molar-refractivity contribution in [3.63, 3.8) is 0 Å². The number of likely N-dealkylation sites (tertiary alicyclic amines) is 1. The van der Waals surface area contributed by atoms with Crippen LogP contribution in [-0.2, 0) is 6.54 Å². The van der Waals surface area contributed by atoms with Crippen LogP contribution in [0, 0.1) is 19.7 Å². The van der Waals surface area contributed by atoms with E-state index in [0.29, 0.717) is 6.04 Å². The minimum absolute atomic E-state index is 0.237. The molecule has 23 heavy (non-hydrogen) atoms. The minimum atomic E-state index is -0.237. The summed E-state index contributed by atoms with van der Waals surface area (Å²) in [5, 5.41) is 13.9. The molecule has 1 aromatic carbocycles. The molecular weight excluding hydrogens is 293 g/mol. The van der Waals surface area contributed by atoms with Gasteiger partial charge in [0.2, 0.25) is 0 Å². The van der Waals surface area contributed by atoms with Crippen LogP contribution in [0.3, 0.4) is 0 Å². The van der Waals surface area contributed by atoms with E-state index in [1.807, 2.05) is 11.6 Å². The molecule has 5 heteroatoms. The average molecular weight is 317 g/mol. The molecule has 1 N–H and O–H groups in total. The van der Waals surface area contributed by atoms with Crippen molar-refractivity contribution in [3.8, 4) is 5.69 Å². The van der Waals surface area contributed by atoms with Gasteiger partial charge in [0, 0.05) is 30.5 Å². The van der Waals surface area contributed by atoms with E-state index in [2.05, 4.69) is 16.9 Å². The van der Waals surface area contributed by atoms with Crippen molar-refractivity contribution in [1.82, 2.24) is 14.7 Å². The Hall–Kier alpha value is -1.72. The zero-order chi connectivity index (χ0) is 16.4. The molecule has 124 valence electrons. The summed E-state index contributed by atoms with van der Waals surface area (Å²) >= 11 is 0. The molecule has 1 aromatic heterocycles. The van der Waals surface area contributed by atoms with E-state index in [1.54, 1.807) is 12.1 Å². The Morgan fingerprint density at radius 2 is 2.00 bits per heavy atom. The molecule has 0 saturated carbocycles. The topological polar surface area (TPSA) is 41.3 Å². The maximum absolute atomic E-state index is 13.1. The van der Waals surface area contributed by atoms with Gasteiger partial charge < -0.3 is 5.11 Å². The van der Waals surface area contributed by atoms with Gasteiger partial charge in [-0.2, -0.15) is 5.10 Å². The van der Waals surface area contributed by atoms with E-state index in [0.717, 1.165) is 43.0 Å². The van der Waals surface area contributed by atoms with Crippen molar-refractivity contribution in [3.05, 3.63) is 47.0 Å². The molecule has 3 rings (SSSR count). The molecule has 0 amide bonds. The zero-order valence-electron chi connectivity index (χ0n) is 13.8. The molecule has 2 aromatic rings. The van der Waals surface area contributed by atoms with E-state index < -0.39 is 0 Å². The lowest BCUT2D eigenvalue weighted by atomic mass is 10.1. The molecule has 0 bridgehead atoms. The van der Waals surface area contributed by atoms with Gasteiger partial charge in [0.05, 0.1) is 11.4 Å². The normalized spacial score (nSPS) is 18.7. The molecule has 1 atom stereocenters. The Bertz CT molecular complexity index is 666. The molecule has 1 aliphatic rings. The number of aromatic nitrogens is 2. The molecule has 1 aliphatic heterocycles. The van der Waals surface area contributed by atoms with Gasteiger partial charge in [-0.15, -0.1) is 0 Å². The van der Waals surface area contributed by atoms with Gasteiger partial charge in [-0.1, -0.05) is 0 Å². The van der Waals surface area contributed by atoms with Crippen molar-refractivity contribution in [1.29, 1.82) is 0 Å². The highest BCUT2D eigenvalue weighted by atomic mass is 19.1. The van der Waals surface area contributed by atoms with Gasteiger partial charge >= 0.3 is 0 Å². The van der Waals surface area contributed by atoms with Crippen molar-refractivity contribution in [2.75, 3.05) is 13.2 Å². The highest BCUT2D eigenvalue weighted by molar-refractivity contribution is 5.37. The van der Waals surface area contributed by atoms with Crippen LogP contribution >= 0.6 is 0 Å². The smallest absolute Gasteiger partial charge is 0.123 e. The van der Waals surface area contributed by atoms with Gasteiger partial charge in [0.15, 0.2) is 0 Å². The van der Waals surface area contributed by atoms with Crippen molar-refractivity contribution < 1.29 is 9.50 Å². The third-order valence-corrected chi connectivity index (χ3v) is 4.83. The third kappa shape index (κ3) is 3.31. The van der Waals surface area contributed by atoms with Gasteiger partial charge in [-0.25, -0.2) is 9.07 Å². The Kier molecular flexibility index (Phi) is 4.78. The maximum Gasteiger partial charge on any atom is 0.123 e. The second-order valence-electron chi connectivity index (χ2n) is 6.32. The molecule has 0 unspecified atom stereocenters. The fraction of sp³-hybridized carbons (Fsp3) is 0.500. The molecular formula is C18H24FN3O. The number of aliphatic hydroxyl groups is 1. The first-order chi connectivity index (χ1) is 11.1. The molecule has 1 fully saturated rings. The van der Waals surface area contributed by atoms with Gasteiger partial charge in [-0.3, -0.25) is 4.90 Å². The SMILES string of the molecule is Cc1nn(-c2ccc(F)cc2)c(C)c1CN1CCC[C@H]1CCO. The molecule has 0 aliphatic carbocycles. The highest BCUT2D eigenvalue weighted by Gasteiger charge is 2.26. The van der Waals surface area contributed by atoms with Crippen LogP contribution < -0.4 is 0 Å². The Morgan fingerprint density at radius 3 is 2.70 bits per heavy atom. The van der Waals surface area contributed by atoms with E-state index in [-0.39, 0.29) is 12.4 Å². The second kappa shape index (κ2) is 6.81. The summed E-state index contributed by atoms with van der Waals surface area (Å²) < 4.78 is 15.0. The van der Waals surface area contributed by atoms with Crippen LogP contribution in [0.1, 0.15) is 36.2 Å². The lowest BCUT2D eigenvalue weighted by Gasteiger charge is -2.24. The van der Waals surface area contributed by atoms with Crippen molar-refractivity contribution in [2.45, 2.75) is 45.7 Å². The number of hydrogen-bond donors (Lipinski definition) is 1. The number of hydrogen-bond acceptors (Lipinski definition) is 3. The van der Waals surface area contributed by atoms with E-state index in [9.17, 15) is 9.50 Å². The van der Waals surface area contributed by atoms with Crippen molar-refractivity contribution >= 4 is 0 Å². The van der Waals surface area contributed by atoms with Crippen LogP contribution in [0.15, 0.2) is 24.3 Å². The first-order valence-corrected chi connectivity index (χ1v) is 8.26. The van der Waals surface area contributed by atoms with Crippen LogP contribution in [0.2, 0.25) is 0 Å². The van der Waals surface area contributed by atoms with Gasteiger partial charge in [0.1, 0.15) is 5.82 Å². The Balaban J connectivity index is 1.85. The first kappa shape index (κ1) is 16.1. The summed E-state index contributed by atoms with van der Waals surface area (Å²) in [6.07, 6.45) is 3.18. The lowest BCUT2D eigenvalue weighted by molar-refractivity contribution is 0.189. The summed E-state index contributed by atoms with van der Waals surface area (Å²) in [5.74, 6) is -0.237. The molecule has 1 saturated heterocycles. The van der Waals surface area contributed by atoms with Crippen LogP contribution in [0.4, 0.5) is 4.39 Å². The summed E-state index contributed by atoms with van der Waals surface area (Å²) in [6, 6.07) is 6.89. The fourth-order valence-corrected chi connectivity index (χ4v) is 3.52. The molecule has 4 nitrogen and oxygen atoms in total. The standard InChI is InChI=1S/C18H24FN3O/c1-13-18(12-21-10-3-4-16(21)9-11-23)14(2)22(20-13)17-7-5-15(19)6-8-17/h5-8,16,23H,3-4,9-12H2,1-2H3/t16-/m0/s1. The Labute approximate surface area is 136 Å². The molecule has 0 radical (unpaired) electrons. The first-order valence-electron chi connectivity index (χ1n) is 8.26. The predicted octanol–water partition coefficient (Wildman–Crippen LogP) is 2.98. The average Bonchev–Trinajstić information content (AvgIpc) is 3.08. The number of nitrogens with zero attached hydrogens (tertiary/aromatic N) is 3. The van der Waals surface area contributed by atoms with E-state index in [4.69, 9.17) is 0 Å². The predicted molar refractivity (Wildman–Crippen MR) is 88.1 cm³/mol. The number of aryl methyl sites for hydroxylation is 1. The summed E-state index contributed by atoms with van der Waals surface area (Å²) in [6.45, 7) is 6.28. The van der Waals surface area contributed by atoms with Crippen molar-refractivity contribution in [2.24, 2.45) is 0 Å². The number of rotatable bonds is 5. The van der Waals surface area contributed by atoms with Crippen LogP contribution in [0.5, 0.6) is 0 Å². The number of halogens is 1. The third-order valence-electron chi connectivity index (χ3n) is 4.83. The largest absolute Gasteiger partial charge is 0.396 e. The second-order valence-corrected chi connectivity index (χ2v) is 6.32. The minimum Gasteiger partial charge on any atom is -0.396 e. The summed E-state index contributed by atoms with van der Waals surface area (Å²) in [4.78, 5) is 2.45. The summed E-state index contributed by atoms with van der Waals surface area (Å²) in [7, 11) is 0. The summed E-state index contributed by atoms with van der Waals surface area (Å²) in [5.41, 5.74) is 4.23. The van der Waals surface area contributed by atoms with Gasteiger partial charge in [0.25, 0.3) is 0 Å². The monoisotopic (exact) mass is 317 g/mol. The van der Waals surface area contributed by atoms with Crippen LogP contribution in [0.25, 0.3) is 5.69 Å². The van der Waals surface area contributed by atoms with Gasteiger partial charge in [-0.05, 0) is 63.9 Å². The van der Waals surface area contributed by atoms with E-state index >= 15 is 0 Å².